The molecule has 1 radical (unpaired) electrons. The van der Waals surface area contributed by atoms with E-state index in [9.17, 15) is 0 Å². The zero-order valence-electron chi connectivity index (χ0n) is 4.09. The summed E-state index contributed by atoms with van der Waals surface area (Å²) in [5.41, 5.74) is 8.31. The predicted molar refractivity (Wildman–Crippen MR) is 19.6 cm³/mol. The Morgan fingerprint density at radius 1 is 1.00 bits per heavy atom. The monoisotopic (exact) mass is 207 g/mol. The van der Waals surface area contributed by atoms with E-state index in [0.717, 1.165) is 0 Å². The van der Waals surface area contributed by atoms with Crippen LogP contribution in [0, 0.1) is 22.9 Å². The van der Waals surface area contributed by atoms with Crippen molar-refractivity contribution in [2.75, 3.05) is 0 Å². The maximum Gasteiger partial charge on any atom is 0.173 e. The van der Waals surface area contributed by atoms with Gasteiger partial charge in [-0.2, -0.15) is 10.5 Å². The molecule has 0 aromatic carbocycles. The minimum atomic E-state index is 0. The van der Waals surface area contributed by atoms with E-state index in [1.54, 1.807) is 0 Å². The molecule has 0 aliphatic rings. The largest absolute Gasteiger partial charge is 0.337 e. The third-order valence-corrected chi connectivity index (χ3v) is 0. The van der Waals surface area contributed by atoms with Gasteiger partial charge in [0, 0.05) is 36.3 Å². The molecule has 6 heteroatoms. The van der Waals surface area contributed by atoms with E-state index < -0.39 is 0 Å². The molecule has 0 aliphatic heterocycles. The van der Waals surface area contributed by atoms with Crippen molar-refractivity contribution in [3.63, 3.8) is 0 Å². The molecule has 0 aromatic heterocycles. The Bertz CT molecular complexity index is 69.0. The molecular weight excluding hydrogens is 204 g/mol. The number of nitriles is 2. The third kappa shape index (κ3) is 1500. The summed E-state index contributed by atoms with van der Waals surface area (Å²) < 4.78 is 0. The van der Waals surface area contributed by atoms with Crippen molar-refractivity contribution < 1.29 is 36.3 Å². The molecule has 0 rings (SSSR count). The fraction of sp³-hybridized carbons (Fsp3) is 0. The first kappa shape index (κ1) is 25.2. The van der Waals surface area contributed by atoms with Crippen LogP contribution in [0.25, 0.3) is 0 Å². The standard InChI is InChI=1S/2CH2N2.Co.Zn/c2*2-1-3;;/h2*2H2;;. The second-order valence-electron chi connectivity index (χ2n) is 0.258. The van der Waals surface area contributed by atoms with Crippen LogP contribution >= 0.6 is 0 Å². The minimum absolute atomic E-state index is 0. The first-order valence-electron chi connectivity index (χ1n) is 1.02. The Kier molecular flexibility index (Phi) is 236. The summed E-state index contributed by atoms with van der Waals surface area (Å²) in [6.07, 6.45) is 2.50. The van der Waals surface area contributed by atoms with E-state index in [-0.39, 0.29) is 36.3 Å². The van der Waals surface area contributed by atoms with Crippen LogP contribution in [-0.4, -0.2) is 0 Å². The summed E-state index contributed by atoms with van der Waals surface area (Å²) in [7, 11) is 0. The van der Waals surface area contributed by atoms with Crippen LogP contribution in [-0.2, 0) is 36.3 Å². The molecule has 4 nitrogen and oxygen atoms in total. The van der Waals surface area contributed by atoms with Crippen molar-refractivity contribution in [3.05, 3.63) is 0 Å². The van der Waals surface area contributed by atoms with Crippen LogP contribution in [0.2, 0.25) is 0 Å². The molecule has 43 valence electrons. The fourth-order valence-corrected chi connectivity index (χ4v) is 0. The predicted octanol–water partition coefficient (Wildman–Crippen LogP) is -1.15. The van der Waals surface area contributed by atoms with Gasteiger partial charge in [0.25, 0.3) is 0 Å². The zero-order valence-corrected chi connectivity index (χ0v) is 8.10. The number of hydrogen-bond acceptors (Lipinski definition) is 4. The van der Waals surface area contributed by atoms with Gasteiger partial charge in [-0.15, -0.1) is 0 Å². The molecule has 4 N–H and O–H groups in total. The van der Waals surface area contributed by atoms with Gasteiger partial charge >= 0.3 is 0 Å². The molecule has 0 unspecified atom stereocenters. The maximum atomic E-state index is 7.10. The van der Waals surface area contributed by atoms with E-state index in [4.69, 9.17) is 10.5 Å². The van der Waals surface area contributed by atoms with Crippen molar-refractivity contribution in [1.82, 2.24) is 0 Å². The van der Waals surface area contributed by atoms with Crippen molar-refractivity contribution in [1.29, 1.82) is 10.5 Å². The fourth-order valence-electron chi connectivity index (χ4n) is 0. The molecule has 0 saturated carbocycles. The smallest absolute Gasteiger partial charge is 0.173 e. The van der Waals surface area contributed by atoms with E-state index in [0.29, 0.717) is 0 Å². The van der Waals surface area contributed by atoms with Crippen LogP contribution < -0.4 is 11.5 Å². The summed E-state index contributed by atoms with van der Waals surface area (Å²) in [6.45, 7) is 0. The molecule has 0 fully saturated rings. The summed E-state index contributed by atoms with van der Waals surface area (Å²) in [4.78, 5) is 0. The van der Waals surface area contributed by atoms with Crippen LogP contribution in [0.3, 0.4) is 0 Å². The average Bonchev–Trinajstić information content (AvgIpc) is 1.39. The molecule has 0 bridgehead atoms. The van der Waals surface area contributed by atoms with Gasteiger partial charge in [-0.05, 0) is 0 Å². The number of rotatable bonds is 0. The van der Waals surface area contributed by atoms with Gasteiger partial charge in [-0.1, -0.05) is 0 Å². The van der Waals surface area contributed by atoms with Gasteiger partial charge in [0.15, 0.2) is 12.4 Å². The van der Waals surface area contributed by atoms with Crippen LogP contribution in [0.4, 0.5) is 0 Å². The van der Waals surface area contributed by atoms with Crippen molar-refractivity contribution in [2.24, 2.45) is 11.5 Å². The average molecular weight is 208 g/mol. The first-order valence-corrected chi connectivity index (χ1v) is 1.02. The Morgan fingerprint density at radius 2 is 1.00 bits per heavy atom. The number of nitrogens with two attached hydrogens (primary N) is 2. The summed E-state index contributed by atoms with van der Waals surface area (Å²) in [6, 6.07) is 0. The van der Waals surface area contributed by atoms with E-state index >= 15 is 0 Å². The first-order chi connectivity index (χ1) is 2.83. The van der Waals surface area contributed by atoms with Gasteiger partial charge in [0.2, 0.25) is 0 Å². The Hall–Kier alpha value is -0.290. The second-order valence-corrected chi connectivity index (χ2v) is 0.258. The van der Waals surface area contributed by atoms with E-state index in [1.165, 1.54) is 12.4 Å². The summed E-state index contributed by atoms with van der Waals surface area (Å²) in [5.74, 6) is 0. The molecule has 0 atom stereocenters. The Labute approximate surface area is 70.8 Å². The normalized spacial score (nSPS) is 1.75. The summed E-state index contributed by atoms with van der Waals surface area (Å²) >= 11 is 0. The van der Waals surface area contributed by atoms with Gasteiger partial charge in [-0.25, -0.2) is 0 Å². The van der Waals surface area contributed by atoms with Crippen LogP contribution in [0.1, 0.15) is 0 Å². The number of hydrogen-bond donors (Lipinski definition) is 2. The molecule has 0 saturated heterocycles. The molecule has 8 heavy (non-hydrogen) atoms. The minimum Gasteiger partial charge on any atom is -0.337 e. The topological polar surface area (TPSA) is 99.6 Å². The SMILES string of the molecule is N#CN.N#CN.[Co].[Zn]. The summed E-state index contributed by atoms with van der Waals surface area (Å²) in [5, 5.41) is 14.2. The van der Waals surface area contributed by atoms with Crippen LogP contribution in [0.15, 0.2) is 0 Å². The second kappa shape index (κ2) is 74.8. The van der Waals surface area contributed by atoms with Gasteiger partial charge in [0.1, 0.15) is 0 Å². The van der Waals surface area contributed by atoms with Crippen LogP contribution in [0.5, 0.6) is 0 Å². The molecular formula is C2H4CoN4Zn. The Balaban J connectivity index is -0.0000000160. The molecule has 0 amide bonds. The van der Waals surface area contributed by atoms with E-state index in [1.807, 2.05) is 0 Å². The zero-order chi connectivity index (χ0) is 5.41. The maximum absolute atomic E-state index is 7.10. The third-order valence-electron chi connectivity index (χ3n) is 0. The Morgan fingerprint density at radius 3 is 1.00 bits per heavy atom. The molecule has 0 spiro atoms. The molecule has 0 aromatic rings. The molecule has 0 aliphatic carbocycles. The van der Waals surface area contributed by atoms with Crippen molar-refractivity contribution in [2.45, 2.75) is 0 Å². The molecule has 0 heterocycles. The number of nitrogens with zero attached hydrogens (tertiary/aromatic N) is 2. The van der Waals surface area contributed by atoms with Crippen molar-refractivity contribution >= 4 is 0 Å². The van der Waals surface area contributed by atoms with Gasteiger partial charge in [-0.3, -0.25) is 0 Å². The van der Waals surface area contributed by atoms with E-state index in [2.05, 4.69) is 11.5 Å². The van der Waals surface area contributed by atoms with Crippen molar-refractivity contribution in [3.8, 4) is 12.4 Å². The van der Waals surface area contributed by atoms with Gasteiger partial charge in [0.05, 0.1) is 0 Å². The van der Waals surface area contributed by atoms with Gasteiger partial charge < -0.3 is 11.5 Å². The quantitative estimate of drug-likeness (QED) is 0.298.